The molecule has 6 nitrogen and oxygen atoms in total. The summed E-state index contributed by atoms with van der Waals surface area (Å²) in [5.74, 6) is -0.512. The van der Waals surface area contributed by atoms with Gasteiger partial charge in [0.1, 0.15) is 5.75 Å². The number of nitrogens with zero attached hydrogens (tertiary/aromatic N) is 1. The second-order valence-electron chi connectivity index (χ2n) is 5.97. The Balaban J connectivity index is 1.98. The molecular formula is C17H23NO5. The summed E-state index contributed by atoms with van der Waals surface area (Å²) in [4.78, 5) is 25.3. The highest BCUT2D eigenvalue weighted by atomic mass is 16.5. The summed E-state index contributed by atoms with van der Waals surface area (Å²) in [6.07, 6.45) is -0.621. The van der Waals surface area contributed by atoms with Crippen molar-refractivity contribution in [3.63, 3.8) is 0 Å². The number of aliphatic carboxylic acids is 1. The molecule has 1 N–H and O–H groups in total. The summed E-state index contributed by atoms with van der Waals surface area (Å²) in [6, 6.07) is 7.60. The highest BCUT2D eigenvalue weighted by molar-refractivity contribution is 5.80. The van der Waals surface area contributed by atoms with Gasteiger partial charge in [-0.2, -0.15) is 0 Å². The lowest BCUT2D eigenvalue weighted by Gasteiger charge is -2.36. The van der Waals surface area contributed by atoms with Gasteiger partial charge in [0.05, 0.1) is 19.8 Å². The van der Waals surface area contributed by atoms with Crippen LogP contribution in [-0.4, -0.2) is 54.3 Å². The first-order valence-electron chi connectivity index (χ1n) is 7.70. The number of carbonyl (C=O) groups excluding carboxylic acids is 1. The van der Waals surface area contributed by atoms with Crippen LogP contribution in [0.3, 0.4) is 0 Å². The van der Waals surface area contributed by atoms with Gasteiger partial charge in [0.15, 0.2) is 6.10 Å². The molecule has 2 unspecified atom stereocenters. The molecule has 1 fully saturated rings. The van der Waals surface area contributed by atoms with E-state index in [1.807, 2.05) is 31.2 Å². The molecule has 1 saturated heterocycles. The van der Waals surface area contributed by atoms with Crippen molar-refractivity contribution in [3.05, 3.63) is 29.8 Å². The van der Waals surface area contributed by atoms with E-state index in [2.05, 4.69) is 0 Å². The van der Waals surface area contributed by atoms with Crippen LogP contribution in [-0.2, 0) is 20.7 Å². The van der Waals surface area contributed by atoms with Crippen molar-refractivity contribution in [1.29, 1.82) is 0 Å². The number of ether oxygens (including phenoxy) is 2. The topological polar surface area (TPSA) is 76.1 Å². The fourth-order valence-electron chi connectivity index (χ4n) is 2.78. The van der Waals surface area contributed by atoms with Crippen molar-refractivity contribution in [2.24, 2.45) is 5.92 Å². The van der Waals surface area contributed by atoms with Gasteiger partial charge in [-0.05, 0) is 31.0 Å². The second kappa shape index (κ2) is 7.46. The number of rotatable bonds is 5. The predicted octanol–water partition coefficient (Wildman–Crippen LogP) is 1.57. The van der Waals surface area contributed by atoms with E-state index in [1.165, 1.54) is 0 Å². The minimum Gasteiger partial charge on any atom is -0.497 e. The minimum absolute atomic E-state index is 0.0396. The summed E-state index contributed by atoms with van der Waals surface area (Å²) in [5, 5.41) is 9.10. The summed E-state index contributed by atoms with van der Waals surface area (Å²) >= 11 is 0. The first-order chi connectivity index (χ1) is 10.9. The smallest absolute Gasteiger partial charge is 0.334 e. The maximum absolute atomic E-state index is 12.6. The Bertz CT molecular complexity index is 557. The molecule has 0 spiro atoms. The number of hydrogen-bond acceptors (Lipinski definition) is 4. The zero-order valence-electron chi connectivity index (χ0n) is 13.7. The summed E-state index contributed by atoms with van der Waals surface area (Å²) in [6.45, 7) is 4.17. The summed E-state index contributed by atoms with van der Waals surface area (Å²) in [5.41, 5.74) is 1.04. The average Bonchev–Trinajstić information content (AvgIpc) is 2.54. The van der Waals surface area contributed by atoms with Crippen molar-refractivity contribution in [3.8, 4) is 5.75 Å². The monoisotopic (exact) mass is 321 g/mol. The molecule has 0 aliphatic carbocycles. The number of benzene rings is 1. The predicted molar refractivity (Wildman–Crippen MR) is 84.4 cm³/mol. The van der Waals surface area contributed by atoms with Gasteiger partial charge in [-0.15, -0.1) is 0 Å². The zero-order valence-corrected chi connectivity index (χ0v) is 13.7. The van der Waals surface area contributed by atoms with Crippen LogP contribution in [0.25, 0.3) is 0 Å². The summed E-state index contributed by atoms with van der Waals surface area (Å²) in [7, 11) is 1.61. The third-order valence-corrected chi connectivity index (χ3v) is 3.97. The number of carboxylic acids is 1. The van der Waals surface area contributed by atoms with Crippen LogP contribution in [0.5, 0.6) is 5.75 Å². The lowest BCUT2D eigenvalue weighted by Crippen LogP contribution is -2.53. The van der Waals surface area contributed by atoms with Gasteiger partial charge in [-0.25, -0.2) is 4.79 Å². The van der Waals surface area contributed by atoms with E-state index in [4.69, 9.17) is 14.6 Å². The highest BCUT2D eigenvalue weighted by Crippen LogP contribution is 2.18. The average molecular weight is 321 g/mol. The zero-order chi connectivity index (χ0) is 17.0. The Morgan fingerprint density at radius 1 is 1.35 bits per heavy atom. The second-order valence-corrected chi connectivity index (χ2v) is 5.97. The highest BCUT2D eigenvalue weighted by Gasteiger charge is 2.34. The SMILES string of the molecule is COc1ccc(CC(C)C(=O)N2CC(C(=O)O)O[C@H](C)C2)cc1. The van der Waals surface area contributed by atoms with Crippen molar-refractivity contribution in [1.82, 2.24) is 4.90 Å². The number of carboxylic acid groups (broad SMARTS) is 1. The summed E-state index contributed by atoms with van der Waals surface area (Å²) < 4.78 is 10.5. The Labute approximate surface area is 136 Å². The molecule has 1 aromatic carbocycles. The molecule has 6 heteroatoms. The van der Waals surface area contributed by atoms with Gasteiger partial charge in [0.2, 0.25) is 5.91 Å². The van der Waals surface area contributed by atoms with Gasteiger partial charge in [-0.3, -0.25) is 4.79 Å². The lowest BCUT2D eigenvalue weighted by molar-refractivity contribution is -0.167. The lowest BCUT2D eigenvalue weighted by atomic mass is 9.99. The Hall–Kier alpha value is -2.08. The van der Waals surface area contributed by atoms with Crippen LogP contribution in [0, 0.1) is 5.92 Å². The van der Waals surface area contributed by atoms with Crippen LogP contribution in [0.1, 0.15) is 19.4 Å². The Kier molecular flexibility index (Phi) is 5.60. The van der Waals surface area contributed by atoms with E-state index in [-0.39, 0.29) is 24.5 Å². The molecule has 0 bridgehead atoms. The van der Waals surface area contributed by atoms with Crippen LogP contribution in [0.15, 0.2) is 24.3 Å². The van der Waals surface area contributed by atoms with Crippen molar-refractivity contribution < 1.29 is 24.2 Å². The van der Waals surface area contributed by atoms with Crippen LogP contribution in [0.2, 0.25) is 0 Å². The number of methoxy groups -OCH3 is 1. The Morgan fingerprint density at radius 2 is 2.00 bits per heavy atom. The molecule has 1 amide bonds. The molecule has 0 radical (unpaired) electrons. The molecule has 0 saturated carbocycles. The fourth-order valence-corrected chi connectivity index (χ4v) is 2.78. The van der Waals surface area contributed by atoms with Gasteiger partial charge in [0, 0.05) is 12.5 Å². The van der Waals surface area contributed by atoms with Gasteiger partial charge in [-0.1, -0.05) is 19.1 Å². The number of morpholine rings is 1. The number of hydrogen-bond donors (Lipinski definition) is 1. The van der Waals surface area contributed by atoms with E-state index < -0.39 is 12.1 Å². The molecule has 1 heterocycles. The normalized spacial score (nSPS) is 22.5. The standard InChI is InChI=1S/C17H23NO5/c1-11(8-13-4-6-14(22-3)7-5-13)16(19)18-9-12(2)23-15(10-18)17(20)21/h4-7,11-12,15H,8-10H2,1-3H3,(H,20,21)/t11?,12-,15?/m1/s1. The van der Waals surface area contributed by atoms with Crippen LogP contribution < -0.4 is 4.74 Å². The van der Waals surface area contributed by atoms with Crippen molar-refractivity contribution in [2.45, 2.75) is 32.5 Å². The first-order valence-corrected chi connectivity index (χ1v) is 7.70. The number of amides is 1. The van der Waals surface area contributed by atoms with E-state index in [0.29, 0.717) is 13.0 Å². The molecule has 0 aromatic heterocycles. The molecule has 3 atom stereocenters. The van der Waals surface area contributed by atoms with Crippen LogP contribution in [0.4, 0.5) is 0 Å². The third-order valence-electron chi connectivity index (χ3n) is 3.97. The van der Waals surface area contributed by atoms with Gasteiger partial charge >= 0.3 is 5.97 Å². The van der Waals surface area contributed by atoms with Gasteiger partial charge in [0.25, 0.3) is 0 Å². The van der Waals surface area contributed by atoms with E-state index in [1.54, 1.807) is 18.9 Å². The molecule has 1 aliphatic rings. The third kappa shape index (κ3) is 4.45. The Morgan fingerprint density at radius 3 is 2.57 bits per heavy atom. The molecule has 2 rings (SSSR count). The van der Waals surface area contributed by atoms with Crippen LogP contribution >= 0.6 is 0 Å². The quantitative estimate of drug-likeness (QED) is 0.891. The van der Waals surface area contributed by atoms with Crippen molar-refractivity contribution in [2.75, 3.05) is 20.2 Å². The largest absolute Gasteiger partial charge is 0.497 e. The number of carbonyl (C=O) groups is 2. The molecule has 1 aromatic rings. The first kappa shape index (κ1) is 17.3. The minimum atomic E-state index is -1.03. The van der Waals surface area contributed by atoms with E-state index >= 15 is 0 Å². The molecule has 23 heavy (non-hydrogen) atoms. The molecular weight excluding hydrogens is 298 g/mol. The van der Waals surface area contributed by atoms with E-state index in [0.717, 1.165) is 11.3 Å². The maximum Gasteiger partial charge on any atom is 0.334 e. The molecule has 1 aliphatic heterocycles. The van der Waals surface area contributed by atoms with Crippen molar-refractivity contribution >= 4 is 11.9 Å². The van der Waals surface area contributed by atoms with E-state index in [9.17, 15) is 9.59 Å². The van der Waals surface area contributed by atoms with Gasteiger partial charge < -0.3 is 19.5 Å². The molecule has 126 valence electrons. The maximum atomic E-state index is 12.6. The fraction of sp³-hybridized carbons (Fsp3) is 0.529.